The van der Waals surface area contributed by atoms with Crippen molar-refractivity contribution in [3.05, 3.63) is 17.8 Å². The van der Waals surface area contributed by atoms with Crippen molar-refractivity contribution in [1.29, 1.82) is 5.26 Å². The predicted molar refractivity (Wildman–Crippen MR) is 42.2 cm³/mol. The van der Waals surface area contributed by atoms with Gasteiger partial charge < -0.3 is 9.47 Å². The van der Waals surface area contributed by atoms with Gasteiger partial charge in [0.25, 0.3) is 0 Å². The largest absolute Gasteiger partial charge is 0.573 e. The average Bonchev–Trinajstić information content (AvgIpc) is 2.15. The zero-order valence-corrected chi connectivity index (χ0v) is 7.50. The third-order valence-electron chi connectivity index (χ3n) is 1.40. The third-order valence-corrected chi connectivity index (χ3v) is 1.40. The van der Waals surface area contributed by atoms with Crippen molar-refractivity contribution in [3.63, 3.8) is 0 Å². The van der Waals surface area contributed by atoms with Gasteiger partial charge in [-0.1, -0.05) is 0 Å². The molecule has 1 aromatic rings. The molecule has 0 saturated heterocycles. The first-order valence-electron chi connectivity index (χ1n) is 3.66. The summed E-state index contributed by atoms with van der Waals surface area (Å²) in [5.74, 6) is -0.690. The Morgan fingerprint density at radius 3 is 2.60 bits per heavy atom. The van der Waals surface area contributed by atoms with Crippen LogP contribution in [0.3, 0.4) is 0 Å². The van der Waals surface area contributed by atoms with Gasteiger partial charge in [0.15, 0.2) is 5.75 Å². The topological polar surface area (TPSA) is 55.1 Å². The molecular weight excluding hydrogens is 213 g/mol. The summed E-state index contributed by atoms with van der Waals surface area (Å²) in [4.78, 5) is 3.57. The van der Waals surface area contributed by atoms with E-state index in [0.717, 1.165) is 12.3 Å². The van der Waals surface area contributed by atoms with Gasteiger partial charge in [-0.25, -0.2) is 4.98 Å². The summed E-state index contributed by atoms with van der Waals surface area (Å²) in [6, 6.07) is 2.42. The number of pyridine rings is 1. The number of rotatable bonds is 2. The average molecular weight is 218 g/mol. The molecule has 0 atom stereocenters. The number of nitrogens with zero attached hydrogens (tertiary/aromatic N) is 2. The number of hydrogen-bond donors (Lipinski definition) is 0. The van der Waals surface area contributed by atoms with E-state index < -0.39 is 12.1 Å². The van der Waals surface area contributed by atoms with Gasteiger partial charge in [0.1, 0.15) is 11.6 Å². The monoisotopic (exact) mass is 218 g/mol. The van der Waals surface area contributed by atoms with Crippen molar-refractivity contribution in [2.45, 2.75) is 6.36 Å². The summed E-state index contributed by atoms with van der Waals surface area (Å²) >= 11 is 0. The zero-order chi connectivity index (χ0) is 11.5. The summed E-state index contributed by atoms with van der Waals surface area (Å²) in [6.07, 6.45) is -3.90. The molecule has 0 bridgehead atoms. The maximum atomic E-state index is 11.9. The molecule has 0 aromatic carbocycles. The summed E-state index contributed by atoms with van der Waals surface area (Å²) in [7, 11) is 1.24. The van der Waals surface area contributed by atoms with E-state index in [4.69, 9.17) is 5.26 Å². The van der Waals surface area contributed by atoms with E-state index in [-0.39, 0.29) is 11.4 Å². The van der Waals surface area contributed by atoms with Crippen molar-refractivity contribution in [2.24, 2.45) is 0 Å². The van der Waals surface area contributed by atoms with Crippen molar-refractivity contribution < 1.29 is 22.6 Å². The minimum atomic E-state index is -4.85. The van der Waals surface area contributed by atoms with E-state index >= 15 is 0 Å². The van der Waals surface area contributed by atoms with E-state index in [1.807, 2.05) is 0 Å². The number of ether oxygens (including phenoxy) is 2. The second kappa shape index (κ2) is 4.04. The molecule has 4 nitrogen and oxygen atoms in total. The van der Waals surface area contributed by atoms with Gasteiger partial charge in [0, 0.05) is 6.07 Å². The molecule has 0 saturated carbocycles. The van der Waals surface area contributed by atoms with Crippen molar-refractivity contribution in [3.8, 4) is 17.7 Å². The van der Waals surface area contributed by atoms with Gasteiger partial charge in [0.2, 0.25) is 5.88 Å². The number of halogens is 3. The molecule has 80 valence electrons. The van der Waals surface area contributed by atoms with Gasteiger partial charge in [-0.05, 0) is 0 Å². The number of methoxy groups -OCH3 is 1. The van der Waals surface area contributed by atoms with Crippen LogP contribution < -0.4 is 9.47 Å². The molecule has 1 heterocycles. The minimum Gasteiger partial charge on any atom is -0.481 e. The molecule has 0 radical (unpaired) electrons. The molecular formula is C8H5F3N2O2. The highest BCUT2D eigenvalue weighted by atomic mass is 19.4. The van der Waals surface area contributed by atoms with Gasteiger partial charge in [-0.3, -0.25) is 0 Å². The summed E-state index contributed by atoms with van der Waals surface area (Å²) in [5.41, 5.74) is -0.312. The van der Waals surface area contributed by atoms with E-state index in [2.05, 4.69) is 14.5 Å². The smallest absolute Gasteiger partial charge is 0.481 e. The van der Waals surface area contributed by atoms with Crippen molar-refractivity contribution >= 4 is 0 Å². The fourth-order valence-corrected chi connectivity index (χ4v) is 0.824. The lowest BCUT2D eigenvalue weighted by Crippen LogP contribution is -2.18. The first kappa shape index (κ1) is 11.1. The van der Waals surface area contributed by atoms with Gasteiger partial charge in [0.05, 0.1) is 13.3 Å². The number of hydrogen-bond acceptors (Lipinski definition) is 4. The van der Waals surface area contributed by atoms with Crippen LogP contribution in [0, 0.1) is 11.3 Å². The number of nitriles is 1. The van der Waals surface area contributed by atoms with Gasteiger partial charge >= 0.3 is 6.36 Å². The number of alkyl halides is 3. The van der Waals surface area contributed by atoms with Crippen LogP contribution in [0.1, 0.15) is 5.56 Å². The molecule has 0 amide bonds. The van der Waals surface area contributed by atoms with Crippen LogP contribution in [0.2, 0.25) is 0 Å². The van der Waals surface area contributed by atoms with Crippen molar-refractivity contribution in [1.82, 2.24) is 4.98 Å². The summed E-state index contributed by atoms with van der Waals surface area (Å²) in [5, 5.41) is 8.50. The quantitative estimate of drug-likeness (QED) is 0.760. The Hall–Kier alpha value is -1.97. The second-order valence-electron chi connectivity index (χ2n) is 2.38. The van der Waals surface area contributed by atoms with E-state index in [9.17, 15) is 13.2 Å². The Morgan fingerprint density at radius 2 is 2.13 bits per heavy atom. The van der Waals surface area contributed by atoms with Crippen LogP contribution in [0.5, 0.6) is 11.6 Å². The molecule has 1 rings (SSSR count). The lowest BCUT2D eigenvalue weighted by Gasteiger charge is -2.10. The first-order valence-corrected chi connectivity index (χ1v) is 3.66. The van der Waals surface area contributed by atoms with Crippen LogP contribution in [-0.2, 0) is 0 Å². The number of aromatic nitrogens is 1. The van der Waals surface area contributed by atoms with E-state index in [1.165, 1.54) is 13.2 Å². The van der Waals surface area contributed by atoms with Crippen LogP contribution >= 0.6 is 0 Å². The Kier molecular flexibility index (Phi) is 2.99. The first-order chi connectivity index (χ1) is 6.96. The zero-order valence-electron chi connectivity index (χ0n) is 7.50. The molecule has 0 fully saturated rings. The molecule has 0 N–H and O–H groups in total. The van der Waals surface area contributed by atoms with Gasteiger partial charge in [-0.15, -0.1) is 13.2 Å². The lowest BCUT2D eigenvalue weighted by molar-refractivity contribution is -0.274. The molecule has 15 heavy (non-hydrogen) atoms. The standard InChI is InChI=1S/C8H5F3N2O2/c1-14-7-2-6(15-8(9,10)11)5(3-12)4-13-7/h2,4H,1H3. The molecule has 0 unspecified atom stereocenters. The summed E-state index contributed by atoms with van der Waals surface area (Å²) < 4.78 is 43.9. The molecule has 1 aromatic heterocycles. The highest BCUT2D eigenvalue weighted by molar-refractivity contribution is 5.43. The minimum absolute atomic E-state index is 0.0618. The third kappa shape index (κ3) is 3.02. The Labute approximate surface area is 82.9 Å². The Morgan fingerprint density at radius 1 is 1.47 bits per heavy atom. The predicted octanol–water partition coefficient (Wildman–Crippen LogP) is 1.86. The van der Waals surface area contributed by atoms with Crippen LogP contribution in [0.4, 0.5) is 13.2 Å². The maximum absolute atomic E-state index is 11.9. The second-order valence-corrected chi connectivity index (χ2v) is 2.38. The maximum Gasteiger partial charge on any atom is 0.573 e. The Bertz CT molecular complexity index is 398. The SMILES string of the molecule is COc1cc(OC(F)(F)F)c(C#N)cn1. The van der Waals surface area contributed by atoms with Crippen LogP contribution in [0.15, 0.2) is 12.3 Å². The van der Waals surface area contributed by atoms with Crippen LogP contribution in [0.25, 0.3) is 0 Å². The lowest BCUT2D eigenvalue weighted by atomic mass is 10.3. The fraction of sp³-hybridized carbons (Fsp3) is 0.250. The highest BCUT2D eigenvalue weighted by Crippen LogP contribution is 2.27. The molecule has 0 spiro atoms. The summed E-state index contributed by atoms with van der Waals surface area (Å²) in [6.45, 7) is 0. The highest BCUT2D eigenvalue weighted by Gasteiger charge is 2.32. The van der Waals surface area contributed by atoms with Gasteiger partial charge in [-0.2, -0.15) is 5.26 Å². The molecule has 0 aliphatic heterocycles. The van der Waals surface area contributed by atoms with Crippen molar-refractivity contribution in [2.75, 3.05) is 7.11 Å². The fourth-order valence-electron chi connectivity index (χ4n) is 0.824. The Balaban J connectivity index is 3.08. The molecule has 0 aliphatic rings. The molecule has 0 aliphatic carbocycles. The van der Waals surface area contributed by atoms with E-state index in [0.29, 0.717) is 0 Å². The van der Waals surface area contributed by atoms with E-state index in [1.54, 1.807) is 0 Å². The molecule has 7 heteroatoms. The normalized spacial score (nSPS) is 10.6. The van der Waals surface area contributed by atoms with Crippen LogP contribution in [-0.4, -0.2) is 18.5 Å².